The lowest BCUT2D eigenvalue weighted by Gasteiger charge is -2.32. The highest BCUT2D eigenvalue weighted by Crippen LogP contribution is 2.32. The van der Waals surface area contributed by atoms with E-state index in [-0.39, 0.29) is 12.4 Å². The van der Waals surface area contributed by atoms with Crippen molar-refractivity contribution in [1.82, 2.24) is 14.2 Å². The standard InChI is InChI=1S/C19H27N3O2S.ClH/c1-14-19(17-5-3-4-6-18(17)21(14)2)25(23,24)22-11-9-16(10-12-22)20-13-15-7-8-15;/h3-6,15-16,20H,7-13H2,1-2H3;1H. The van der Waals surface area contributed by atoms with E-state index >= 15 is 0 Å². The van der Waals surface area contributed by atoms with Gasteiger partial charge >= 0.3 is 0 Å². The summed E-state index contributed by atoms with van der Waals surface area (Å²) in [5.74, 6) is 0.861. The number of nitrogens with one attached hydrogen (secondary N) is 1. The summed E-state index contributed by atoms with van der Waals surface area (Å²) >= 11 is 0. The number of aromatic nitrogens is 1. The molecule has 1 aromatic heterocycles. The summed E-state index contributed by atoms with van der Waals surface area (Å²) in [4.78, 5) is 0.481. The second-order valence-corrected chi connectivity index (χ2v) is 9.40. The van der Waals surface area contributed by atoms with E-state index in [4.69, 9.17) is 0 Å². The maximum atomic E-state index is 13.3. The molecule has 4 rings (SSSR count). The first-order valence-electron chi connectivity index (χ1n) is 9.26. The number of hydrogen-bond acceptors (Lipinski definition) is 3. The second-order valence-electron chi connectivity index (χ2n) is 7.52. The third-order valence-corrected chi connectivity index (χ3v) is 7.86. The first-order chi connectivity index (χ1) is 12.0. The Balaban J connectivity index is 0.00000196. The van der Waals surface area contributed by atoms with Gasteiger partial charge in [0.15, 0.2) is 0 Å². The molecule has 1 N–H and O–H groups in total. The Morgan fingerprint density at radius 1 is 1.12 bits per heavy atom. The summed E-state index contributed by atoms with van der Waals surface area (Å²) in [7, 11) is -1.52. The average Bonchev–Trinajstić information content (AvgIpc) is 3.40. The van der Waals surface area contributed by atoms with Crippen LogP contribution in [0.3, 0.4) is 0 Å². The van der Waals surface area contributed by atoms with Crippen LogP contribution < -0.4 is 5.32 Å². The number of para-hydroxylation sites is 1. The Hall–Kier alpha value is -1.08. The topological polar surface area (TPSA) is 54.3 Å². The number of aryl methyl sites for hydroxylation is 1. The molecule has 2 aromatic rings. The van der Waals surface area contributed by atoms with Gasteiger partial charge in [0.1, 0.15) is 4.90 Å². The summed E-state index contributed by atoms with van der Waals surface area (Å²) in [6, 6.07) is 8.22. The van der Waals surface area contributed by atoms with Gasteiger partial charge in [-0.25, -0.2) is 8.42 Å². The molecule has 7 heteroatoms. The summed E-state index contributed by atoms with van der Waals surface area (Å²) in [6.07, 6.45) is 4.49. The van der Waals surface area contributed by atoms with Crippen LogP contribution in [0, 0.1) is 12.8 Å². The van der Waals surface area contributed by atoms with Gasteiger partial charge in [-0.15, -0.1) is 12.4 Å². The van der Waals surface area contributed by atoms with Crippen LogP contribution in [0.2, 0.25) is 0 Å². The molecule has 26 heavy (non-hydrogen) atoms. The number of nitrogens with zero attached hydrogens (tertiary/aromatic N) is 2. The van der Waals surface area contributed by atoms with Gasteiger partial charge in [0.05, 0.1) is 0 Å². The van der Waals surface area contributed by atoms with E-state index in [1.54, 1.807) is 4.31 Å². The van der Waals surface area contributed by atoms with Crippen LogP contribution in [0.5, 0.6) is 0 Å². The molecule has 0 amide bonds. The number of benzene rings is 1. The molecule has 0 unspecified atom stereocenters. The fourth-order valence-corrected chi connectivity index (χ4v) is 5.81. The minimum absolute atomic E-state index is 0. The zero-order chi connectivity index (χ0) is 17.6. The molecule has 0 bridgehead atoms. The van der Waals surface area contributed by atoms with Crippen LogP contribution in [-0.2, 0) is 17.1 Å². The third-order valence-electron chi connectivity index (χ3n) is 5.79. The summed E-state index contributed by atoms with van der Waals surface area (Å²) in [5, 5.41) is 4.44. The van der Waals surface area contributed by atoms with Crippen molar-refractivity contribution in [2.75, 3.05) is 19.6 Å². The normalized spacial score (nSPS) is 19.6. The van der Waals surface area contributed by atoms with Crippen LogP contribution >= 0.6 is 12.4 Å². The number of fused-ring (bicyclic) bond motifs is 1. The van der Waals surface area contributed by atoms with Gasteiger partial charge in [-0.2, -0.15) is 4.31 Å². The number of sulfonamides is 1. The Morgan fingerprint density at radius 3 is 2.42 bits per heavy atom. The molecule has 1 aromatic carbocycles. The molecule has 0 radical (unpaired) electrons. The molecular weight excluding hydrogens is 370 g/mol. The van der Waals surface area contributed by atoms with E-state index < -0.39 is 10.0 Å². The number of piperidine rings is 1. The molecular formula is C19H28ClN3O2S. The number of rotatable bonds is 5. The monoisotopic (exact) mass is 397 g/mol. The smallest absolute Gasteiger partial charge is 0.245 e. The second kappa shape index (κ2) is 7.50. The van der Waals surface area contributed by atoms with E-state index in [9.17, 15) is 8.42 Å². The largest absolute Gasteiger partial charge is 0.347 e. The molecule has 0 spiro atoms. The van der Waals surface area contributed by atoms with Crippen molar-refractivity contribution in [2.24, 2.45) is 13.0 Å². The van der Waals surface area contributed by atoms with Gasteiger partial charge in [0, 0.05) is 42.8 Å². The van der Waals surface area contributed by atoms with Crippen LogP contribution in [0.4, 0.5) is 0 Å². The van der Waals surface area contributed by atoms with E-state index in [0.29, 0.717) is 24.0 Å². The van der Waals surface area contributed by atoms with Gasteiger partial charge in [0.2, 0.25) is 10.0 Å². The zero-order valence-corrected chi connectivity index (χ0v) is 17.1. The van der Waals surface area contributed by atoms with Crippen molar-refractivity contribution < 1.29 is 8.42 Å². The molecule has 1 saturated carbocycles. The highest BCUT2D eigenvalue weighted by Gasteiger charge is 2.33. The van der Waals surface area contributed by atoms with Crippen molar-refractivity contribution in [3.63, 3.8) is 0 Å². The molecule has 2 aliphatic rings. The maximum Gasteiger partial charge on any atom is 0.245 e. The third kappa shape index (κ3) is 3.52. The highest BCUT2D eigenvalue weighted by atomic mass is 35.5. The van der Waals surface area contributed by atoms with Gasteiger partial charge in [-0.05, 0) is 51.1 Å². The van der Waals surface area contributed by atoms with Crippen LogP contribution in [0.15, 0.2) is 29.2 Å². The summed E-state index contributed by atoms with van der Waals surface area (Å²) in [5.41, 5.74) is 1.79. The Morgan fingerprint density at radius 2 is 1.77 bits per heavy atom. The van der Waals surface area contributed by atoms with Gasteiger partial charge in [-0.1, -0.05) is 18.2 Å². The van der Waals surface area contributed by atoms with Crippen molar-refractivity contribution in [3.05, 3.63) is 30.0 Å². The minimum Gasteiger partial charge on any atom is -0.347 e. The quantitative estimate of drug-likeness (QED) is 0.843. The fourth-order valence-electron chi connectivity index (χ4n) is 3.90. The van der Waals surface area contributed by atoms with Crippen molar-refractivity contribution in [1.29, 1.82) is 0 Å². The lowest BCUT2D eigenvalue weighted by Crippen LogP contribution is -2.45. The number of hydrogen-bond donors (Lipinski definition) is 1. The van der Waals surface area contributed by atoms with Crippen molar-refractivity contribution in [2.45, 2.75) is 43.5 Å². The summed E-state index contributed by atoms with van der Waals surface area (Å²) in [6.45, 7) is 4.21. The zero-order valence-electron chi connectivity index (χ0n) is 15.4. The molecule has 1 saturated heterocycles. The first-order valence-corrected chi connectivity index (χ1v) is 10.7. The van der Waals surface area contributed by atoms with E-state index in [0.717, 1.165) is 41.9 Å². The Labute approximate surface area is 162 Å². The summed E-state index contributed by atoms with van der Waals surface area (Å²) < 4.78 is 30.3. The van der Waals surface area contributed by atoms with Gasteiger partial charge < -0.3 is 9.88 Å². The molecule has 0 atom stereocenters. The van der Waals surface area contributed by atoms with E-state index in [1.165, 1.54) is 12.8 Å². The number of halogens is 1. The Bertz CT molecular complexity index is 882. The van der Waals surface area contributed by atoms with Crippen molar-refractivity contribution in [3.8, 4) is 0 Å². The average molecular weight is 398 g/mol. The predicted octanol–water partition coefficient (Wildman–Crippen LogP) is 3.06. The molecule has 144 valence electrons. The molecule has 2 heterocycles. The van der Waals surface area contributed by atoms with Gasteiger partial charge in [0.25, 0.3) is 0 Å². The minimum atomic E-state index is -3.46. The molecule has 5 nitrogen and oxygen atoms in total. The predicted molar refractivity (Wildman–Crippen MR) is 107 cm³/mol. The SMILES string of the molecule is Cc1c(S(=O)(=O)N2CCC(NCC3CC3)CC2)c2ccccc2n1C.Cl. The van der Waals surface area contributed by atoms with E-state index in [2.05, 4.69) is 5.32 Å². The van der Waals surface area contributed by atoms with E-state index in [1.807, 2.05) is 42.8 Å². The van der Waals surface area contributed by atoms with Crippen molar-refractivity contribution >= 4 is 33.3 Å². The van der Waals surface area contributed by atoms with Gasteiger partial charge in [-0.3, -0.25) is 0 Å². The Kier molecular flexibility index (Phi) is 5.68. The lowest BCUT2D eigenvalue weighted by molar-refractivity contribution is 0.288. The molecule has 2 fully saturated rings. The fraction of sp³-hybridized carbons (Fsp3) is 0.579. The maximum absolute atomic E-state index is 13.3. The van der Waals surface area contributed by atoms with Crippen LogP contribution in [0.25, 0.3) is 10.9 Å². The van der Waals surface area contributed by atoms with Crippen LogP contribution in [-0.4, -0.2) is 43.0 Å². The first kappa shape index (κ1) is 19.7. The molecule has 1 aliphatic carbocycles. The van der Waals surface area contributed by atoms with Crippen LogP contribution in [0.1, 0.15) is 31.4 Å². The lowest BCUT2D eigenvalue weighted by atomic mass is 10.1. The molecule has 1 aliphatic heterocycles. The highest BCUT2D eigenvalue weighted by molar-refractivity contribution is 7.89.